The fourth-order valence-electron chi connectivity index (χ4n) is 2.78. The average molecular weight is 312 g/mol. The van der Waals surface area contributed by atoms with Crippen molar-refractivity contribution in [3.63, 3.8) is 0 Å². The van der Waals surface area contributed by atoms with Crippen LogP contribution < -0.4 is 5.32 Å². The van der Waals surface area contributed by atoms with Crippen molar-refractivity contribution in [1.82, 2.24) is 15.1 Å². The summed E-state index contributed by atoms with van der Waals surface area (Å²) in [6, 6.07) is 4.33. The van der Waals surface area contributed by atoms with Gasteiger partial charge in [0.1, 0.15) is 5.82 Å². The highest BCUT2D eigenvalue weighted by Crippen LogP contribution is 2.20. The van der Waals surface area contributed by atoms with E-state index in [0.717, 1.165) is 0 Å². The zero-order chi connectivity index (χ0) is 15.0. The summed E-state index contributed by atoms with van der Waals surface area (Å²) >= 11 is 5.74. The summed E-state index contributed by atoms with van der Waals surface area (Å²) in [5.74, 6) is -1.46. The van der Waals surface area contributed by atoms with Gasteiger partial charge in [-0.05, 0) is 17.7 Å². The lowest BCUT2D eigenvalue weighted by Crippen LogP contribution is -2.65. The van der Waals surface area contributed by atoms with E-state index in [0.29, 0.717) is 31.7 Å². The number of hydrogen-bond donors (Lipinski definition) is 1. The molecule has 3 rings (SSSR count). The average Bonchev–Trinajstić information content (AvgIpc) is 2.48. The highest BCUT2D eigenvalue weighted by Gasteiger charge is 2.39. The van der Waals surface area contributed by atoms with Crippen LogP contribution in [0.15, 0.2) is 18.2 Å². The third kappa shape index (κ3) is 2.73. The maximum Gasteiger partial charge on any atom is 0.312 e. The van der Waals surface area contributed by atoms with Crippen LogP contribution in [0.5, 0.6) is 0 Å². The first-order valence-electron chi connectivity index (χ1n) is 6.81. The summed E-state index contributed by atoms with van der Waals surface area (Å²) in [5, 5.41) is 3.24. The van der Waals surface area contributed by atoms with E-state index in [1.165, 1.54) is 17.0 Å². The molecule has 2 fully saturated rings. The lowest BCUT2D eigenvalue weighted by Gasteiger charge is -2.43. The van der Waals surface area contributed by atoms with Crippen LogP contribution in [0.3, 0.4) is 0 Å². The van der Waals surface area contributed by atoms with Gasteiger partial charge in [0, 0.05) is 32.7 Å². The Balaban J connectivity index is 1.77. The third-order valence-corrected chi connectivity index (χ3v) is 4.16. The zero-order valence-electron chi connectivity index (χ0n) is 11.3. The molecule has 0 bridgehead atoms. The summed E-state index contributed by atoms with van der Waals surface area (Å²) in [4.78, 5) is 27.4. The van der Waals surface area contributed by atoms with Crippen LogP contribution in [0.2, 0.25) is 5.02 Å². The van der Waals surface area contributed by atoms with Crippen LogP contribution >= 0.6 is 11.6 Å². The molecular formula is C14H15ClFN3O2. The predicted molar refractivity (Wildman–Crippen MR) is 75.2 cm³/mol. The molecule has 1 N–H and O–H groups in total. The van der Waals surface area contributed by atoms with Crippen molar-refractivity contribution in [1.29, 1.82) is 0 Å². The van der Waals surface area contributed by atoms with Gasteiger partial charge in [0.05, 0.1) is 11.1 Å². The lowest BCUT2D eigenvalue weighted by molar-refractivity contribution is -0.160. The molecule has 0 spiro atoms. The number of rotatable bonds is 2. The maximum absolute atomic E-state index is 13.2. The molecule has 1 aromatic rings. The highest BCUT2D eigenvalue weighted by atomic mass is 35.5. The zero-order valence-corrected chi connectivity index (χ0v) is 12.1. The van der Waals surface area contributed by atoms with Crippen molar-refractivity contribution < 1.29 is 14.0 Å². The highest BCUT2D eigenvalue weighted by molar-refractivity contribution is 6.35. The molecule has 1 atom stereocenters. The monoisotopic (exact) mass is 311 g/mol. The number of carbonyl (C=O) groups excluding carboxylic acids is 2. The van der Waals surface area contributed by atoms with Gasteiger partial charge >= 0.3 is 11.8 Å². The fraction of sp³-hybridized carbons (Fsp3) is 0.429. The van der Waals surface area contributed by atoms with Crippen LogP contribution in [-0.4, -0.2) is 53.8 Å². The second kappa shape index (κ2) is 5.61. The van der Waals surface area contributed by atoms with Crippen molar-refractivity contribution in [2.45, 2.75) is 12.6 Å². The quantitative estimate of drug-likeness (QED) is 0.815. The van der Waals surface area contributed by atoms with Gasteiger partial charge in [0.15, 0.2) is 0 Å². The first-order valence-corrected chi connectivity index (χ1v) is 7.18. The molecule has 1 aromatic carbocycles. The minimum Gasteiger partial charge on any atom is -0.328 e. The molecule has 2 amide bonds. The van der Waals surface area contributed by atoms with Crippen molar-refractivity contribution in [3.05, 3.63) is 34.6 Å². The topological polar surface area (TPSA) is 52.7 Å². The maximum atomic E-state index is 13.2. The normalized spacial score (nSPS) is 22.5. The fourth-order valence-corrected chi connectivity index (χ4v) is 2.98. The summed E-state index contributed by atoms with van der Waals surface area (Å²) in [5.41, 5.74) is 0.708. The van der Waals surface area contributed by atoms with E-state index in [1.54, 1.807) is 11.0 Å². The summed E-state index contributed by atoms with van der Waals surface area (Å²) in [6.07, 6.45) is 0. The molecule has 1 unspecified atom stereocenters. The molecule has 112 valence electrons. The van der Waals surface area contributed by atoms with Crippen molar-refractivity contribution in [3.8, 4) is 0 Å². The Bertz CT molecular complexity index is 596. The summed E-state index contributed by atoms with van der Waals surface area (Å²) < 4.78 is 13.2. The standard InChI is InChI=1S/C14H15ClFN3O2/c15-11-5-9(1-2-12(11)16)7-18-8-10-6-17-3-4-19(10)14(21)13(18)20/h1-2,5,10,17H,3-4,6-8H2. The van der Waals surface area contributed by atoms with Gasteiger partial charge in [0.2, 0.25) is 0 Å². The number of piperazine rings is 2. The van der Waals surface area contributed by atoms with Crippen LogP contribution in [0.25, 0.3) is 0 Å². The molecule has 2 saturated heterocycles. The number of hydrogen-bond acceptors (Lipinski definition) is 3. The van der Waals surface area contributed by atoms with Gasteiger partial charge in [-0.15, -0.1) is 0 Å². The van der Waals surface area contributed by atoms with E-state index < -0.39 is 17.6 Å². The minimum atomic E-state index is -0.506. The Labute approximate surface area is 126 Å². The number of halogens is 2. The summed E-state index contributed by atoms with van der Waals surface area (Å²) in [6.45, 7) is 2.69. The smallest absolute Gasteiger partial charge is 0.312 e. The lowest BCUT2D eigenvalue weighted by atomic mass is 10.1. The molecule has 2 aliphatic heterocycles. The molecule has 0 aromatic heterocycles. The van der Waals surface area contributed by atoms with Gasteiger partial charge in [0.25, 0.3) is 0 Å². The van der Waals surface area contributed by atoms with Gasteiger partial charge in [-0.3, -0.25) is 9.59 Å². The van der Waals surface area contributed by atoms with Gasteiger partial charge in [-0.1, -0.05) is 17.7 Å². The van der Waals surface area contributed by atoms with Crippen LogP contribution in [0.4, 0.5) is 4.39 Å². The van der Waals surface area contributed by atoms with Gasteiger partial charge < -0.3 is 15.1 Å². The van der Waals surface area contributed by atoms with Crippen molar-refractivity contribution in [2.24, 2.45) is 0 Å². The molecule has 7 heteroatoms. The number of nitrogens with zero attached hydrogens (tertiary/aromatic N) is 2. The van der Waals surface area contributed by atoms with E-state index >= 15 is 0 Å². The first kappa shape index (κ1) is 14.3. The molecule has 5 nitrogen and oxygen atoms in total. The minimum absolute atomic E-state index is 0.000120. The molecule has 0 aliphatic carbocycles. The molecular weight excluding hydrogens is 297 g/mol. The van der Waals surface area contributed by atoms with E-state index in [-0.39, 0.29) is 17.6 Å². The SMILES string of the molecule is O=C1C(=O)N2CCNCC2CN1Cc1ccc(F)c(Cl)c1. The van der Waals surface area contributed by atoms with E-state index in [2.05, 4.69) is 5.32 Å². The van der Waals surface area contributed by atoms with Gasteiger partial charge in [-0.25, -0.2) is 4.39 Å². The second-order valence-electron chi connectivity index (χ2n) is 5.29. The van der Waals surface area contributed by atoms with E-state index in [4.69, 9.17) is 11.6 Å². The molecule has 0 saturated carbocycles. The first-order chi connectivity index (χ1) is 10.1. The number of carbonyl (C=O) groups is 2. The van der Waals surface area contributed by atoms with Crippen LogP contribution in [0, 0.1) is 5.82 Å². The Morgan fingerprint density at radius 2 is 2.14 bits per heavy atom. The molecule has 2 aliphatic rings. The Kier molecular flexibility index (Phi) is 3.82. The predicted octanol–water partition coefficient (Wildman–Crippen LogP) is 0.622. The second-order valence-corrected chi connectivity index (χ2v) is 5.70. The number of fused-ring (bicyclic) bond motifs is 1. The van der Waals surface area contributed by atoms with Crippen molar-refractivity contribution >= 4 is 23.4 Å². The van der Waals surface area contributed by atoms with Crippen molar-refractivity contribution in [2.75, 3.05) is 26.2 Å². The number of amides is 2. The molecule has 2 heterocycles. The number of benzene rings is 1. The number of nitrogens with one attached hydrogen (secondary N) is 1. The van der Waals surface area contributed by atoms with Crippen LogP contribution in [-0.2, 0) is 16.1 Å². The van der Waals surface area contributed by atoms with Gasteiger partial charge in [-0.2, -0.15) is 0 Å². The molecule has 0 radical (unpaired) electrons. The third-order valence-electron chi connectivity index (χ3n) is 3.87. The molecule has 21 heavy (non-hydrogen) atoms. The van der Waals surface area contributed by atoms with Crippen LogP contribution in [0.1, 0.15) is 5.56 Å². The Hall–Kier alpha value is -1.66. The largest absolute Gasteiger partial charge is 0.328 e. The van der Waals surface area contributed by atoms with E-state index in [9.17, 15) is 14.0 Å². The van der Waals surface area contributed by atoms with E-state index in [1.807, 2.05) is 0 Å². The Morgan fingerprint density at radius 1 is 1.33 bits per heavy atom. The summed E-state index contributed by atoms with van der Waals surface area (Å²) in [7, 11) is 0. The Morgan fingerprint density at radius 3 is 2.90 bits per heavy atom.